The Kier molecular flexibility index (Phi) is 7.98. The Morgan fingerprint density at radius 1 is 1.20 bits per heavy atom. The van der Waals surface area contributed by atoms with E-state index in [4.69, 9.17) is 13.6 Å². The van der Waals surface area contributed by atoms with Crippen LogP contribution in [0.5, 0.6) is 0 Å². The number of aldehydes is 1. The quantitative estimate of drug-likeness (QED) is 0.288. The maximum atomic E-state index is 12.8. The van der Waals surface area contributed by atoms with Gasteiger partial charge in [-0.2, -0.15) is 0 Å². The zero-order valence-electron chi connectivity index (χ0n) is 15.6. The first kappa shape index (κ1) is 22.0. The molecule has 0 saturated heterocycles. The molecule has 25 heavy (non-hydrogen) atoms. The third-order valence-corrected chi connectivity index (χ3v) is 5.12. The van der Waals surface area contributed by atoms with E-state index in [2.05, 4.69) is 16.8 Å². The fourth-order valence-corrected chi connectivity index (χ4v) is 4.02. The van der Waals surface area contributed by atoms with Gasteiger partial charge in [0, 0.05) is 11.8 Å². The second-order valence-corrected chi connectivity index (χ2v) is 9.69. The number of nitrogens with zero attached hydrogens (tertiary/aromatic N) is 1. The highest BCUT2D eigenvalue weighted by Crippen LogP contribution is 2.55. The van der Waals surface area contributed by atoms with Crippen LogP contribution in [0.1, 0.15) is 69.9 Å². The summed E-state index contributed by atoms with van der Waals surface area (Å²) in [6.07, 6.45) is 1.81. The summed E-state index contributed by atoms with van der Waals surface area (Å²) in [5.41, 5.74) is -0.728. The third kappa shape index (κ3) is 9.88. The van der Waals surface area contributed by atoms with Gasteiger partial charge in [0.25, 0.3) is 0 Å². The maximum Gasteiger partial charge on any atom is 0.475 e. The smallest absolute Gasteiger partial charge is 0.295 e. The maximum absolute atomic E-state index is 12.8. The third-order valence-electron chi connectivity index (χ3n) is 2.31. The highest BCUT2D eigenvalue weighted by Gasteiger charge is 2.36. The van der Waals surface area contributed by atoms with Gasteiger partial charge in [-0.1, -0.05) is 5.92 Å². The standard InChI is InChI=1S/C17H26NO5PS/c1-16(2,3)22-24(20,23-17(4,5)6)21-11-9-7-8-10-14-13-25-15(12-19)18-14/h12-13H,7,9,11H2,1-6H3. The molecule has 0 bridgehead atoms. The van der Waals surface area contributed by atoms with E-state index in [-0.39, 0.29) is 6.61 Å². The largest absolute Gasteiger partial charge is 0.475 e. The lowest BCUT2D eigenvalue weighted by Gasteiger charge is -2.30. The molecule has 0 amide bonds. The van der Waals surface area contributed by atoms with Gasteiger partial charge in [-0.15, -0.1) is 11.3 Å². The number of hydrogen-bond donors (Lipinski definition) is 0. The van der Waals surface area contributed by atoms with E-state index < -0.39 is 19.0 Å². The molecule has 8 heteroatoms. The van der Waals surface area contributed by atoms with Gasteiger partial charge in [-0.3, -0.25) is 18.4 Å². The molecule has 0 aromatic carbocycles. The van der Waals surface area contributed by atoms with Gasteiger partial charge in [0.05, 0.1) is 17.8 Å². The Hall–Kier alpha value is -1.03. The van der Waals surface area contributed by atoms with Crippen molar-refractivity contribution in [1.82, 2.24) is 4.98 Å². The van der Waals surface area contributed by atoms with E-state index in [0.717, 1.165) is 0 Å². The summed E-state index contributed by atoms with van der Waals surface area (Å²) in [7, 11) is -3.67. The van der Waals surface area contributed by atoms with Gasteiger partial charge < -0.3 is 0 Å². The summed E-state index contributed by atoms with van der Waals surface area (Å²) in [6, 6.07) is 0. The van der Waals surface area contributed by atoms with Crippen LogP contribution in [0.15, 0.2) is 5.38 Å². The minimum atomic E-state index is -3.67. The van der Waals surface area contributed by atoms with Crippen molar-refractivity contribution in [3.63, 3.8) is 0 Å². The van der Waals surface area contributed by atoms with Gasteiger partial charge in [0.2, 0.25) is 0 Å². The van der Waals surface area contributed by atoms with Crippen LogP contribution < -0.4 is 0 Å². The van der Waals surface area contributed by atoms with Crippen molar-refractivity contribution in [2.24, 2.45) is 0 Å². The van der Waals surface area contributed by atoms with Crippen LogP contribution in [0.4, 0.5) is 0 Å². The number of rotatable bonds is 7. The molecule has 1 heterocycles. The average Bonchev–Trinajstić information content (AvgIpc) is 2.86. The van der Waals surface area contributed by atoms with Crippen molar-refractivity contribution in [3.05, 3.63) is 16.1 Å². The topological polar surface area (TPSA) is 74.7 Å². The van der Waals surface area contributed by atoms with Gasteiger partial charge in [-0.05, 0) is 53.9 Å². The minimum absolute atomic E-state index is 0.203. The Labute approximate surface area is 153 Å². The number of carbonyl (C=O) groups is 1. The molecule has 0 radical (unpaired) electrons. The van der Waals surface area contributed by atoms with E-state index in [0.29, 0.717) is 29.8 Å². The number of thiazole rings is 1. The van der Waals surface area contributed by atoms with Gasteiger partial charge in [0.15, 0.2) is 11.3 Å². The number of carbonyl (C=O) groups excluding carboxylic acids is 1. The highest BCUT2D eigenvalue weighted by atomic mass is 32.1. The Balaban J connectivity index is 2.52. The van der Waals surface area contributed by atoms with E-state index in [1.807, 2.05) is 0 Å². The van der Waals surface area contributed by atoms with Crippen molar-refractivity contribution in [1.29, 1.82) is 0 Å². The molecule has 0 fully saturated rings. The monoisotopic (exact) mass is 387 g/mol. The normalized spacial score (nSPS) is 12.6. The Morgan fingerprint density at radius 2 is 1.80 bits per heavy atom. The van der Waals surface area contributed by atoms with Gasteiger partial charge in [0.1, 0.15) is 5.69 Å². The van der Waals surface area contributed by atoms with Crippen molar-refractivity contribution < 1.29 is 22.9 Å². The predicted molar refractivity (Wildman–Crippen MR) is 98.8 cm³/mol. The zero-order valence-corrected chi connectivity index (χ0v) is 17.3. The van der Waals surface area contributed by atoms with Crippen molar-refractivity contribution in [2.45, 2.75) is 65.6 Å². The SMILES string of the molecule is CC(C)(C)OP(=O)(OCCCC#Cc1csc(C=O)n1)OC(C)(C)C. The van der Waals surface area contributed by atoms with Crippen molar-refractivity contribution in [2.75, 3.05) is 6.61 Å². The Bertz CT molecular complexity index is 656. The molecular weight excluding hydrogens is 361 g/mol. The van der Waals surface area contributed by atoms with E-state index >= 15 is 0 Å². The molecule has 0 aliphatic rings. The summed E-state index contributed by atoms with van der Waals surface area (Å²) in [5.74, 6) is 5.83. The lowest BCUT2D eigenvalue weighted by atomic mass is 10.2. The molecule has 140 valence electrons. The lowest BCUT2D eigenvalue weighted by Crippen LogP contribution is -2.24. The number of hydrogen-bond acceptors (Lipinski definition) is 7. The van der Waals surface area contributed by atoms with Crippen LogP contribution in [0.2, 0.25) is 0 Å². The summed E-state index contributed by atoms with van der Waals surface area (Å²) < 4.78 is 29.3. The zero-order chi connectivity index (χ0) is 19.1. The molecule has 6 nitrogen and oxygen atoms in total. The molecule has 1 aromatic rings. The van der Waals surface area contributed by atoms with Gasteiger partial charge in [-0.25, -0.2) is 9.55 Å². The number of aromatic nitrogens is 1. The fraction of sp³-hybridized carbons (Fsp3) is 0.647. The van der Waals surface area contributed by atoms with E-state index in [1.165, 1.54) is 11.3 Å². The first-order chi connectivity index (χ1) is 11.4. The van der Waals surface area contributed by atoms with E-state index in [9.17, 15) is 9.36 Å². The van der Waals surface area contributed by atoms with Crippen LogP contribution in [0.3, 0.4) is 0 Å². The second kappa shape index (κ2) is 9.07. The number of phosphoric ester groups is 1. The van der Waals surface area contributed by atoms with Gasteiger partial charge >= 0.3 is 7.82 Å². The second-order valence-electron chi connectivity index (χ2n) is 7.28. The summed E-state index contributed by atoms with van der Waals surface area (Å²) in [4.78, 5) is 14.6. The minimum Gasteiger partial charge on any atom is -0.295 e. The molecule has 1 aromatic heterocycles. The summed E-state index contributed by atoms with van der Waals surface area (Å²) in [5, 5.41) is 2.14. The van der Waals surface area contributed by atoms with Crippen LogP contribution in [0, 0.1) is 11.8 Å². The highest BCUT2D eigenvalue weighted by molar-refractivity contribution is 7.48. The molecule has 0 unspecified atom stereocenters. The first-order valence-corrected chi connectivity index (χ1v) is 10.3. The number of phosphoric acid groups is 1. The van der Waals surface area contributed by atoms with Crippen LogP contribution in [-0.4, -0.2) is 29.1 Å². The molecule has 0 saturated carbocycles. The van der Waals surface area contributed by atoms with E-state index in [1.54, 1.807) is 46.9 Å². The van der Waals surface area contributed by atoms with Crippen LogP contribution in [0.25, 0.3) is 0 Å². The molecule has 0 spiro atoms. The molecule has 0 N–H and O–H groups in total. The summed E-state index contributed by atoms with van der Waals surface area (Å²) in [6.45, 7) is 11.0. The summed E-state index contributed by atoms with van der Waals surface area (Å²) >= 11 is 1.26. The molecule has 0 aliphatic heterocycles. The molecule has 0 aliphatic carbocycles. The fourth-order valence-electron chi connectivity index (χ4n) is 1.63. The molecule has 1 rings (SSSR count). The van der Waals surface area contributed by atoms with Crippen LogP contribution >= 0.6 is 19.2 Å². The predicted octanol–water partition coefficient (Wildman–Crippen LogP) is 4.84. The van der Waals surface area contributed by atoms with Crippen LogP contribution in [-0.2, 0) is 18.1 Å². The van der Waals surface area contributed by atoms with Crippen molar-refractivity contribution >= 4 is 25.4 Å². The molecular formula is C17H26NO5PS. The Morgan fingerprint density at radius 3 is 2.28 bits per heavy atom. The van der Waals surface area contributed by atoms with Crippen molar-refractivity contribution in [3.8, 4) is 11.8 Å². The lowest BCUT2D eigenvalue weighted by molar-refractivity contribution is 0.00323. The molecule has 0 atom stereocenters. The number of unbranched alkanes of at least 4 members (excludes halogenated alkanes) is 1. The average molecular weight is 387 g/mol. The first-order valence-electron chi connectivity index (χ1n) is 7.98.